The van der Waals surface area contributed by atoms with Crippen molar-refractivity contribution in [1.82, 2.24) is 0 Å². The fraction of sp³-hybridized carbons (Fsp3) is 0.120. The van der Waals surface area contributed by atoms with E-state index in [1.807, 2.05) is 13.0 Å². The van der Waals surface area contributed by atoms with Crippen molar-refractivity contribution in [2.75, 3.05) is 11.5 Å². The number of anilines is 1. The standard InChI is InChI=1S/C25H18IN3O7S2/c1-2-35-21-12-16(11-20(26)23(21)36-14-15-3-5-18(6-4-15)28(31)32)13-22-24(30)27(25(37)38-22)17-7-9-19(10-8-17)29(33)34/h3-13H,2,14H2,1H3/b22-13-. The summed E-state index contributed by atoms with van der Waals surface area (Å²) in [5.41, 5.74) is 1.82. The second-order valence-electron chi connectivity index (χ2n) is 7.77. The van der Waals surface area contributed by atoms with Gasteiger partial charge in [0.05, 0.1) is 30.6 Å². The van der Waals surface area contributed by atoms with Crippen molar-refractivity contribution in [1.29, 1.82) is 0 Å². The Morgan fingerprint density at radius 1 is 1.00 bits per heavy atom. The van der Waals surface area contributed by atoms with Crippen LogP contribution in [0.3, 0.4) is 0 Å². The number of nitro benzene ring substituents is 2. The predicted octanol–water partition coefficient (Wildman–Crippen LogP) is 6.49. The molecule has 0 spiro atoms. The molecular formula is C25H18IN3O7S2. The molecule has 10 nitrogen and oxygen atoms in total. The lowest BCUT2D eigenvalue weighted by atomic mass is 10.1. The molecule has 38 heavy (non-hydrogen) atoms. The fourth-order valence-electron chi connectivity index (χ4n) is 3.51. The maximum absolute atomic E-state index is 13.1. The van der Waals surface area contributed by atoms with Crippen LogP contribution >= 0.6 is 46.6 Å². The van der Waals surface area contributed by atoms with Crippen LogP contribution in [-0.4, -0.2) is 26.7 Å². The number of thioether (sulfide) groups is 1. The van der Waals surface area contributed by atoms with Crippen molar-refractivity contribution >= 4 is 79.9 Å². The molecule has 1 fully saturated rings. The summed E-state index contributed by atoms with van der Waals surface area (Å²) in [4.78, 5) is 35.7. The number of rotatable bonds is 9. The summed E-state index contributed by atoms with van der Waals surface area (Å²) < 4.78 is 12.9. The number of halogens is 1. The van der Waals surface area contributed by atoms with Gasteiger partial charge in [-0.2, -0.15) is 0 Å². The summed E-state index contributed by atoms with van der Waals surface area (Å²) in [6.07, 6.45) is 1.70. The molecule has 1 amide bonds. The lowest BCUT2D eigenvalue weighted by molar-refractivity contribution is -0.385. The number of thiocarbonyl (C=S) groups is 1. The molecule has 1 aliphatic heterocycles. The first-order chi connectivity index (χ1) is 18.2. The van der Waals surface area contributed by atoms with Crippen LogP contribution in [0, 0.1) is 23.8 Å². The molecule has 3 aromatic rings. The highest BCUT2D eigenvalue weighted by molar-refractivity contribution is 14.1. The molecular weight excluding hydrogens is 645 g/mol. The Bertz CT molecular complexity index is 1460. The number of benzene rings is 3. The second kappa shape index (κ2) is 11.9. The van der Waals surface area contributed by atoms with Crippen LogP contribution in [0.4, 0.5) is 17.1 Å². The molecule has 4 rings (SSSR count). The number of non-ortho nitro benzene ring substituents is 2. The van der Waals surface area contributed by atoms with Crippen molar-refractivity contribution in [3.63, 3.8) is 0 Å². The van der Waals surface area contributed by atoms with Crippen LogP contribution in [0.2, 0.25) is 0 Å². The zero-order valence-corrected chi connectivity index (χ0v) is 23.4. The number of carbonyl (C=O) groups excluding carboxylic acids is 1. The summed E-state index contributed by atoms with van der Waals surface area (Å²) in [7, 11) is 0. The quantitative estimate of drug-likeness (QED) is 0.0831. The zero-order chi connectivity index (χ0) is 27.4. The number of ether oxygens (including phenoxy) is 2. The topological polar surface area (TPSA) is 125 Å². The number of hydrogen-bond donors (Lipinski definition) is 0. The summed E-state index contributed by atoms with van der Waals surface area (Å²) in [5.74, 6) is 0.667. The maximum atomic E-state index is 13.1. The Morgan fingerprint density at radius 3 is 2.18 bits per heavy atom. The minimum absolute atomic E-state index is 0.00156. The number of hydrogen-bond acceptors (Lipinski definition) is 9. The number of amides is 1. The minimum atomic E-state index is -0.509. The minimum Gasteiger partial charge on any atom is -0.490 e. The van der Waals surface area contributed by atoms with Gasteiger partial charge in [0.2, 0.25) is 0 Å². The first kappa shape index (κ1) is 27.5. The van der Waals surface area contributed by atoms with E-state index in [1.54, 1.807) is 24.3 Å². The van der Waals surface area contributed by atoms with Gasteiger partial charge in [0, 0.05) is 24.3 Å². The molecule has 3 aromatic carbocycles. The molecule has 0 unspecified atom stereocenters. The van der Waals surface area contributed by atoms with Crippen LogP contribution < -0.4 is 14.4 Å². The lowest BCUT2D eigenvalue weighted by Crippen LogP contribution is -2.27. The van der Waals surface area contributed by atoms with E-state index in [-0.39, 0.29) is 23.9 Å². The molecule has 0 atom stereocenters. The van der Waals surface area contributed by atoms with E-state index < -0.39 is 9.85 Å². The van der Waals surface area contributed by atoms with Gasteiger partial charge in [0.1, 0.15) is 6.61 Å². The van der Waals surface area contributed by atoms with Crippen molar-refractivity contribution < 1.29 is 24.1 Å². The van der Waals surface area contributed by atoms with E-state index in [2.05, 4.69) is 22.6 Å². The van der Waals surface area contributed by atoms with Crippen LogP contribution in [0.1, 0.15) is 18.1 Å². The smallest absolute Gasteiger partial charge is 0.270 e. The third-order valence-corrected chi connectivity index (χ3v) is 7.38. The second-order valence-corrected chi connectivity index (χ2v) is 10.6. The van der Waals surface area contributed by atoms with Crippen molar-refractivity contribution in [3.8, 4) is 11.5 Å². The molecule has 194 valence electrons. The van der Waals surface area contributed by atoms with Crippen LogP contribution in [0.5, 0.6) is 11.5 Å². The largest absolute Gasteiger partial charge is 0.490 e. The van der Waals surface area contributed by atoms with E-state index >= 15 is 0 Å². The van der Waals surface area contributed by atoms with E-state index in [0.717, 1.165) is 20.9 Å². The molecule has 0 aromatic heterocycles. The average molecular weight is 663 g/mol. The molecule has 0 aliphatic carbocycles. The van der Waals surface area contributed by atoms with Gasteiger partial charge in [0.15, 0.2) is 15.8 Å². The van der Waals surface area contributed by atoms with Gasteiger partial charge in [-0.05, 0) is 83.1 Å². The monoisotopic (exact) mass is 663 g/mol. The van der Waals surface area contributed by atoms with Crippen molar-refractivity contribution in [3.05, 3.63) is 100 Å². The van der Waals surface area contributed by atoms with E-state index in [4.69, 9.17) is 21.7 Å². The summed E-state index contributed by atoms with van der Waals surface area (Å²) >= 11 is 8.66. The maximum Gasteiger partial charge on any atom is 0.270 e. The fourth-order valence-corrected chi connectivity index (χ4v) is 5.59. The van der Waals surface area contributed by atoms with Gasteiger partial charge in [-0.25, -0.2) is 0 Å². The Hall–Kier alpha value is -3.56. The number of nitrogens with zero attached hydrogens (tertiary/aromatic N) is 3. The van der Waals surface area contributed by atoms with Gasteiger partial charge >= 0.3 is 0 Å². The summed E-state index contributed by atoms with van der Waals surface area (Å²) in [6.45, 7) is 2.41. The normalized spacial score (nSPS) is 14.2. The van der Waals surface area contributed by atoms with Crippen LogP contribution in [0.25, 0.3) is 6.08 Å². The van der Waals surface area contributed by atoms with Gasteiger partial charge in [0.25, 0.3) is 17.3 Å². The van der Waals surface area contributed by atoms with E-state index in [9.17, 15) is 25.0 Å². The molecule has 1 heterocycles. The molecule has 13 heteroatoms. The first-order valence-electron chi connectivity index (χ1n) is 11.0. The molecule has 0 bridgehead atoms. The summed E-state index contributed by atoms with van der Waals surface area (Å²) in [5, 5.41) is 21.8. The Balaban J connectivity index is 1.56. The molecule has 0 N–H and O–H groups in total. The van der Waals surface area contributed by atoms with Crippen LogP contribution in [-0.2, 0) is 11.4 Å². The van der Waals surface area contributed by atoms with E-state index in [0.29, 0.717) is 38.6 Å². The van der Waals surface area contributed by atoms with Crippen molar-refractivity contribution in [2.24, 2.45) is 0 Å². The van der Waals surface area contributed by atoms with Crippen molar-refractivity contribution in [2.45, 2.75) is 13.5 Å². The third kappa shape index (κ3) is 6.11. The summed E-state index contributed by atoms with van der Waals surface area (Å²) in [6, 6.07) is 15.3. The number of carbonyl (C=O) groups is 1. The Kier molecular flexibility index (Phi) is 8.58. The van der Waals surface area contributed by atoms with Gasteiger partial charge in [-0.1, -0.05) is 24.0 Å². The highest BCUT2D eigenvalue weighted by atomic mass is 127. The Morgan fingerprint density at radius 2 is 1.61 bits per heavy atom. The highest BCUT2D eigenvalue weighted by Crippen LogP contribution is 2.39. The van der Waals surface area contributed by atoms with Gasteiger partial charge in [-0.3, -0.25) is 29.9 Å². The van der Waals surface area contributed by atoms with Gasteiger partial charge in [-0.15, -0.1) is 0 Å². The van der Waals surface area contributed by atoms with Gasteiger partial charge < -0.3 is 9.47 Å². The predicted molar refractivity (Wildman–Crippen MR) is 157 cm³/mol. The Labute approximate surface area is 240 Å². The molecule has 0 saturated carbocycles. The zero-order valence-electron chi connectivity index (χ0n) is 19.7. The highest BCUT2D eigenvalue weighted by Gasteiger charge is 2.33. The lowest BCUT2D eigenvalue weighted by Gasteiger charge is -2.15. The molecule has 1 aliphatic rings. The molecule has 1 saturated heterocycles. The van der Waals surface area contributed by atoms with E-state index in [1.165, 1.54) is 41.3 Å². The number of nitro groups is 2. The third-order valence-electron chi connectivity index (χ3n) is 5.27. The van der Waals surface area contributed by atoms with Crippen LogP contribution in [0.15, 0.2) is 65.6 Å². The first-order valence-corrected chi connectivity index (χ1v) is 13.3. The average Bonchev–Trinajstić information content (AvgIpc) is 3.16. The SMILES string of the molecule is CCOc1cc(/C=C2\SC(=S)N(c3ccc([N+](=O)[O-])cc3)C2=O)cc(I)c1OCc1ccc([N+](=O)[O-])cc1. The molecule has 0 radical (unpaired) electrons.